The minimum Gasteiger partial charge on any atom is -0.483 e. The highest BCUT2D eigenvalue weighted by molar-refractivity contribution is 5.89. The number of hydrogen-bond acceptors (Lipinski definition) is 8. The molecule has 3 aromatic carbocycles. The predicted octanol–water partition coefficient (Wildman–Crippen LogP) is 4.01. The van der Waals surface area contributed by atoms with Gasteiger partial charge in [-0.1, -0.05) is 66.7 Å². The Morgan fingerprint density at radius 2 is 1.70 bits per heavy atom. The molecule has 0 saturated carbocycles. The Kier molecular flexibility index (Phi) is 7.53. The van der Waals surface area contributed by atoms with Gasteiger partial charge in [-0.3, -0.25) is 4.79 Å². The molecule has 1 N–H and O–H groups in total. The smallest absolute Gasteiger partial charge is 0.306 e. The van der Waals surface area contributed by atoms with Crippen LogP contribution in [-0.2, 0) is 28.5 Å². The summed E-state index contributed by atoms with van der Waals surface area (Å²) in [6.07, 6.45) is -5.68. The first kappa shape index (κ1) is 25.4. The molecule has 2 aliphatic heterocycles. The van der Waals surface area contributed by atoms with Crippen LogP contribution in [-0.4, -0.2) is 54.2 Å². The van der Waals surface area contributed by atoms with E-state index in [0.29, 0.717) is 5.75 Å². The van der Waals surface area contributed by atoms with E-state index in [1.807, 2.05) is 73.7 Å². The SMILES string of the molecule is CC(=O)CCC(=O)O[C@@H]1[C@@H](Oc2c(C)ccc3ccccc23)[C@@H]2OC(c3ccccc3)OC[C@H]2O[C@H]1O. The van der Waals surface area contributed by atoms with Gasteiger partial charge < -0.3 is 33.6 Å². The first-order valence-corrected chi connectivity index (χ1v) is 12.4. The van der Waals surface area contributed by atoms with E-state index in [9.17, 15) is 14.7 Å². The van der Waals surface area contributed by atoms with Crippen molar-refractivity contribution in [3.63, 3.8) is 0 Å². The quantitative estimate of drug-likeness (QED) is 0.480. The average molecular weight is 507 g/mol. The van der Waals surface area contributed by atoms with Crippen molar-refractivity contribution in [1.29, 1.82) is 0 Å². The van der Waals surface area contributed by atoms with E-state index in [2.05, 4.69) is 0 Å². The summed E-state index contributed by atoms with van der Waals surface area (Å²) in [5.41, 5.74) is 1.70. The summed E-state index contributed by atoms with van der Waals surface area (Å²) in [6, 6.07) is 21.3. The number of ether oxygens (including phenoxy) is 5. The number of esters is 1. The van der Waals surface area contributed by atoms with Gasteiger partial charge in [-0.05, 0) is 24.8 Å². The normalized spacial score (nSPS) is 27.3. The van der Waals surface area contributed by atoms with Crippen molar-refractivity contribution in [2.45, 2.75) is 63.7 Å². The van der Waals surface area contributed by atoms with Crippen molar-refractivity contribution in [1.82, 2.24) is 0 Å². The van der Waals surface area contributed by atoms with Crippen LogP contribution in [0.3, 0.4) is 0 Å². The van der Waals surface area contributed by atoms with E-state index in [0.717, 1.165) is 21.9 Å². The fourth-order valence-corrected chi connectivity index (χ4v) is 4.74. The highest BCUT2D eigenvalue weighted by Crippen LogP contribution is 2.38. The predicted molar refractivity (Wildman–Crippen MR) is 134 cm³/mol. The van der Waals surface area contributed by atoms with Crippen LogP contribution in [0.2, 0.25) is 0 Å². The number of carbonyl (C=O) groups excluding carboxylic acids is 2. The lowest BCUT2D eigenvalue weighted by atomic mass is 9.96. The molecule has 8 heteroatoms. The van der Waals surface area contributed by atoms with Crippen molar-refractivity contribution in [2.75, 3.05) is 6.61 Å². The second kappa shape index (κ2) is 11.0. The summed E-state index contributed by atoms with van der Waals surface area (Å²) < 4.78 is 30.3. The molecule has 2 fully saturated rings. The molecule has 0 aromatic heterocycles. The van der Waals surface area contributed by atoms with Crippen molar-refractivity contribution in [2.24, 2.45) is 0 Å². The van der Waals surface area contributed by atoms with Gasteiger partial charge in [0.1, 0.15) is 23.7 Å². The maximum Gasteiger partial charge on any atom is 0.306 e. The lowest BCUT2D eigenvalue weighted by Crippen LogP contribution is -2.64. The van der Waals surface area contributed by atoms with Crippen LogP contribution < -0.4 is 4.74 Å². The Hall–Kier alpha value is -3.30. The number of ketones is 1. The Morgan fingerprint density at radius 1 is 0.946 bits per heavy atom. The number of hydrogen-bond donors (Lipinski definition) is 1. The van der Waals surface area contributed by atoms with Gasteiger partial charge >= 0.3 is 5.97 Å². The fraction of sp³-hybridized carbons (Fsp3) is 0.379. The zero-order valence-corrected chi connectivity index (χ0v) is 20.7. The van der Waals surface area contributed by atoms with Gasteiger partial charge in [0.25, 0.3) is 0 Å². The van der Waals surface area contributed by atoms with E-state index >= 15 is 0 Å². The van der Waals surface area contributed by atoms with Crippen molar-refractivity contribution in [3.05, 3.63) is 77.9 Å². The third-order valence-corrected chi connectivity index (χ3v) is 6.65. The molecule has 0 spiro atoms. The first-order valence-electron chi connectivity index (χ1n) is 12.4. The lowest BCUT2D eigenvalue weighted by Gasteiger charge is -2.47. The maximum absolute atomic E-state index is 12.6. The largest absolute Gasteiger partial charge is 0.483 e. The van der Waals surface area contributed by atoms with Gasteiger partial charge in [0.15, 0.2) is 24.8 Å². The molecule has 1 unspecified atom stereocenters. The van der Waals surface area contributed by atoms with Crippen molar-refractivity contribution in [3.8, 4) is 5.75 Å². The summed E-state index contributed by atoms with van der Waals surface area (Å²) in [7, 11) is 0. The number of aliphatic hydroxyl groups excluding tert-OH is 1. The molecule has 2 aliphatic rings. The summed E-state index contributed by atoms with van der Waals surface area (Å²) in [6.45, 7) is 3.49. The van der Waals surface area contributed by atoms with Crippen LogP contribution in [0.15, 0.2) is 66.7 Å². The number of rotatable bonds is 7. The molecule has 194 valence electrons. The molecule has 0 bridgehead atoms. The fourth-order valence-electron chi connectivity index (χ4n) is 4.74. The Balaban J connectivity index is 1.49. The zero-order valence-electron chi connectivity index (χ0n) is 20.7. The third kappa shape index (κ3) is 5.52. The van der Waals surface area contributed by atoms with E-state index < -0.39 is 43.0 Å². The van der Waals surface area contributed by atoms with E-state index in [4.69, 9.17) is 23.7 Å². The van der Waals surface area contributed by atoms with Gasteiger partial charge in [-0.15, -0.1) is 0 Å². The Labute approximate surface area is 215 Å². The summed E-state index contributed by atoms with van der Waals surface area (Å²) in [5, 5.41) is 12.8. The standard InChI is InChI=1S/C29H30O8/c1-17-12-14-19-8-6-7-11-21(19)24(17)36-26-25-22(16-33-29(37-25)20-9-4-3-5-10-20)34-28(32)27(26)35-23(31)15-13-18(2)30/h3-12,14,22,25-29,32H,13,15-16H2,1-2H3/t22-,25-,26+,27-,28-,29?/m1/s1. The summed E-state index contributed by atoms with van der Waals surface area (Å²) in [4.78, 5) is 24.0. The molecular weight excluding hydrogens is 476 g/mol. The molecule has 0 amide bonds. The molecule has 6 atom stereocenters. The molecular formula is C29H30O8. The van der Waals surface area contributed by atoms with Crippen LogP contribution in [0.5, 0.6) is 5.75 Å². The highest BCUT2D eigenvalue weighted by Gasteiger charge is 2.53. The van der Waals surface area contributed by atoms with Gasteiger partial charge in [0.2, 0.25) is 0 Å². The molecule has 0 aliphatic carbocycles. The molecule has 2 heterocycles. The third-order valence-electron chi connectivity index (χ3n) is 6.65. The molecule has 8 nitrogen and oxygen atoms in total. The van der Waals surface area contributed by atoms with Crippen LogP contribution in [0.25, 0.3) is 10.8 Å². The number of fused-ring (bicyclic) bond motifs is 2. The van der Waals surface area contributed by atoms with Gasteiger partial charge in [-0.2, -0.15) is 0 Å². The van der Waals surface area contributed by atoms with Crippen molar-refractivity contribution < 1.29 is 38.4 Å². The number of aliphatic hydroxyl groups is 1. The van der Waals surface area contributed by atoms with Crippen LogP contribution >= 0.6 is 0 Å². The van der Waals surface area contributed by atoms with Crippen LogP contribution in [0.4, 0.5) is 0 Å². The van der Waals surface area contributed by atoms with Crippen LogP contribution in [0, 0.1) is 6.92 Å². The number of benzene rings is 3. The van der Waals surface area contributed by atoms with Gasteiger partial charge in [0.05, 0.1) is 13.0 Å². The minimum absolute atomic E-state index is 0.0446. The summed E-state index contributed by atoms with van der Waals surface area (Å²) in [5.74, 6) is -0.154. The Bertz CT molecular complexity index is 1260. The number of aryl methyl sites for hydroxylation is 1. The van der Waals surface area contributed by atoms with E-state index in [1.165, 1.54) is 6.92 Å². The molecule has 5 rings (SSSR count). The Morgan fingerprint density at radius 3 is 2.49 bits per heavy atom. The zero-order chi connectivity index (χ0) is 25.9. The van der Waals surface area contributed by atoms with Crippen LogP contribution in [0.1, 0.15) is 37.2 Å². The van der Waals surface area contributed by atoms with Gasteiger partial charge in [-0.25, -0.2) is 0 Å². The number of carbonyl (C=O) groups is 2. The number of Topliss-reactive ketones (excluding diaryl/α,β-unsaturated/α-hetero) is 1. The average Bonchev–Trinajstić information content (AvgIpc) is 2.91. The molecule has 0 radical (unpaired) electrons. The highest BCUT2D eigenvalue weighted by atomic mass is 16.7. The topological polar surface area (TPSA) is 101 Å². The second-order valence-electron chi connectivity index (χ2n) is 9.41. The first-order chi connectivity index (χ1) is 17.9. The van der Waals surface area contributed by atoms with E-state index in [-0.39, 0.29) is 25.2 Å². The summed E-state index contributed by atoms with van der Waals surface area (Å²) >= 11 is 0. The minimum atomic E-state index is -1.47. The molecule has 3 aromatic rings. The monoisotopic (exact) mass is 506 g/mol. The lowest BCUT2D eigenvalue weighted by molar-refractivity contribution is -0.352. The van der Waals surface area contributed by atoms with Gasteiger partial charge in [0, 0.05) is 17.4 Å². The maximum atomic E-state index is 12.6. The van der Waals surface area contributed by atoms with Crippen molar-refractivity contribution >= 4 is 22.5 Å². The molecule has 2 saturated heterocycles. The molecule has 37 heavy (non-hydrogen) atoms. The second-order valence-corrected chi connectivity index (χ2v) is 9.41. The van der Waals surface area contributed by atoms with E-state index in [1.54, 1.807) is 0 Å².